The van der Waals surface area contributed by atoms with Gasteiger partial charge in [0.2, 0.25) is 0 Å². The summed E-state index contributed by atoms with van der Waals surface area (Å²) in [5.74, 6) is -0.673. The minimum atomic E-state index is -4.44. The first kappa shape index (κ1) is 14.6. The van der Waals surface area contributed by atoms with E-state index in [4.69, 9.17) is 0 Å². The van der Waals surface area contributed by atoms with Gasteiger partial charge >= 0.3 is 18.2 Å². The largest absolute Gasteiger partial charge is 0.465 e. The lowest BCUT2D eigenvalue weighted by atomic mass is 10.4. The molecule has 0 spiro atoms. The zero-order chi connectivity index (χ0) is 13.8. The van der Waals surface area contributed by atoms with Crippen LogP contribution in [0, 0.1) is 0 Å². The summed E-state index contributed by atoms with van der Waals surface area (Å²) < 4.78 is 41.3. The molecule has 0 saturated heterocycles. The number of nitrogens with zero attached hydrogens (tertiary/aromatic N) is 1. The number of hydrogen-bond acceptors (Lipinski definition) is 3. The van der Waals surface area contributed by atoms with E-state index in [1.807, 2.05) is 0 Å². The van der Waals surface area contributed by atoms with Gasteiger partial charge in [0.05, 0.1) is 6.61 Å². The highest BCUT2D eigenvalue weighted by Crippen LogP contribution is 2.29. The summed E-state index contributed by atoms with van der Waals surface area (Å²) in [5.41, 5.74) is 0. The number of ether oxygens (including phenoxy) is 1. The zero-order valence-electron chi connectivity index (χ0n) is 9.92. The Morgan fingerprint density at radius 1 is 1.39 bits per heavy atom. The zero-order valence-corrected chi connectivity index (χ0v) is 9.92. The molecule has 0 heterocycles. The van der Waals surface area contributed by atoms with Crippen molar-refractivity contribution in [2.24, 2.45) is 0 Å². The fraction of sp³-hybridized carbons (Fsp3) is 0.800. The number of halogens is 3. The summed E-state index contributed by atoms with van der Waals surface area (Å²) in [4.78, 5) is 23.2. The molecule has 0 bridgehead atoms. The molecule has 2 amide bonds. The van der Waals surface area contributed by atoms with Gasteiger partial charge in [-0.3, -0.25) is 4.79 Å². The van der Waals surface area contributed by atoms with Gasteiger partial charge < -0.3 is 15.0 Å². The van der Waals surface area contributed by atoms with E-state index in [-0.39, 0.29) is 12.6 Å². The van der Waals surface area contributed by atoms with Crippen LogP contribution in [0.1, 0.15) is 19.8 Å². The van der Waals surface area contributed by atoms with Crippen LogP contribution >= 0.6 is 0 Å². The summed E-state index contributed by atoms with van der Waals surface area (Å²) in [6, 6.07) is -1.27. The van der Waals surface area contributed by atoms with Gasteiger partial charge in [-0.2, -0.15) is 13.2 Å². The van der Waals surface area contributed by atoms with E-state index in [9.17, 15) is 22.8 Å². The van der Waals surface area contributed by atoms with Gasteiger partial charge in [0.15, 0.2) is 0 Å². The maximum atomic E-state index is 12.3. The second kappa shape index (κ2) is 5.92. The number of rotatable bonds is 5. The van der Waals surface area contributed by atoms with Crippen LogP contribution in [0.15, 0.2) is 0 Å². The third-order valence-corrected chi connectivity index (χ3v) is 2.29. The van der Waals surface area contributed by atoms with E-state index in [0.29, 0.717) is 17.7 Å². The number of alkyl halides is 3. The number of urea groups is 1. The normalized spacial score (nSPS) is 15.1. The van der Waals surface area contributed by atoms with Crippen LogP contribution in [0.4, 0.5) is 18.0 Å². The molecule has 0 aliphatic heterocycles. The van der Waals surface area contributed by atoms with E-state index in [2.05, 4.69) is 10.1 Å². The van der Waals surface area contributed by atoms with Crippen LogP contribution < -0.4 is 5.32 Å². The number of esters is 1. The van der Waals surface area contributed by atoms with Crippen molar-refractivity contribution in [2.75, 3.05) is 19.7 Å². The van der Waals surface area contributed by atoms with Crippen molar-refractivity contribution >= 4 is 12.0 Å². The van der Waals surface area contributed by atoms with Gasteiger partial charge in [-0.1, -0.05) is 0 Å². The van der Waals surface area contributed by atoms with Crippen molar-refractivity contribution in [1.29, 1.82) is 0 Å². The summed E-state index contributed by atoms with van der Waals surface area (Å²) >= 11 is 0. The van der Waals surface area contributed by atoms with Crippen molar-refractivity contribution in [3.63, 3.8) is 0 Å². The molecule has 1 aliphatic rings. The Labute approximate surface area is 102 Å². The average Bonchev–Trinajstić information content (AvgIpc) is 3.05. The van der Waals surface area contributed by atoms with E-state index in [0.717, 1.165) is 0 Å². The molecule has 104 valence electrons. The Hall–Kier alpha value is -1.47. The summed E-state index contributed by atoms with van der Waals surface area (Å²) in [6.07, 6.45) is -3.32. The maximum absolute atomic E-state index is 12.3. The monoisotopic (exact) mass is 268 g/mol. The fourth-order valence-electron chi connectivity index (χ4n) is 1.41. The van der Waals surface area contributed by atoms with E-state index < -0.39 is 31.3 Å². The highest BCUT2D eigenvalue weighted by atomic mass is 19.4. The number of hydrogen-bond donors (Lipinski definition) is 1. The van der Waals surface area contributed by atoms with Crippen molar-refractivity contribution < 1.29 is 27.5 Å². The number of carbonyl (C=O) groups is 2. The molecule has 1 fully saturated rings. The molecule has 0 unspecified atom stereocenters. The molecule has 1 rings (SSSR count). The first-order chi connectivity index (χ1) is 8.33. The highest BCUT2D eigenvalue weighted by molar-refractivity contribution is 5.81. The quantitative estimate of drug-likeness (QED) is 0.764. The van der Waals surface area contributed by atoms with Crippen LogP contribution in [0.2, 0.25) is 0 Å². The molecular weight excluding hydrogens is 253 g/mol. The van der Waals surface area contributed by atoms with Crippen molar-refractivity contribution in [1.82, 2.24) is 10.2 Å². The van der Waals surface area contributed by atoms with Crippen LogP contribution in [0.3, 0.4) is 0 Å². The third kappa shape index (κ3) is 5.24. The summed E-state index contributed by atoms with van der Waals surface area (Å²) in [7, 11) is 0. The van der Waals surface area contributed by atoms with E-state index >= 15 is 0 Å². The molecule has 8 heteroatoms. The predicted octanol–water partition coefficient (Wildman–Crippen LogP) is 1.29. The minimum absolute atomic E-state index is 0.156. The lowest BCUT2D eigenvalue weighted by molar-refractivity contribution is -0.142. The Morgan fingerprint density at radius 3 is 2.44 bits per heavy atom. The molecule has 1 N–H and O–H groups in total. The molecule has 1 saturated carbocycles. The average molecular weight is 268 g/mol. The molecular formula is C10H15F3N2O3. The number of amides is 2. The molecule has 1 aliphatic carbocycles. The predicted molar refractivity (Wildman–Crippen MR) is 55.8 cm³/mol. The minimum Gasteiger partial charge on any atom is -0.465 e. The fourth-order valence-corrected chi connectivity index (χ4v) is 1.41. The van der Waals surface area contributed by atoms with Crippen LogP contribution in [0.25, 0.3) is 0 Å². The third-order valence-electron chi connectivity index (χ3n) is 2.29. The number of nitrogens with one attached hydrogen (secondary N) is 1. The molecule has 0 aromatic carbocycles. The second-order valence-corrected chi connectivity index (χ2v) is 3.94. The maximum Gasteiger partial charge on any atom is 0.406 e. The van der Waals surface area contributed by atoms with Crippen LogP contribution in [-0.2, 0) is 9.53 Å². The van der Waals surface area contributed by atoms with Crippen LogP contribution in [0.5, 0.6) is 0 Å². The van der Waals surface area contributed by atoms with Gasteiger partial charge in [-0.15, -0.1) is 0 Å². The Kier molecular flexibility index (Phi) is 4.80. The molecule has 5 nitrogen and oxygen atoms in total. The smallest absolute Gasteiger partial charge is 0.406 e. The lowest BCUT2D eigenvalue weighted by Gasteiger charge is -2.23. The molecule has 0 radical (unpaired) electrons. The van der Waals surface area contributed by atoms with Gasteiger partial charge in [0, 0.05) is 6.04 Å². The highest BCUT2D eigenvalue weighted by Gasteiger charge is 2.40. The van der Waals surface area contributed by atoms with Gasteiger partial charge in [-0.05, 0) is 19.8 Å². The van der Waals surface area contributed by atoms with Crippen molar-refractivity contribution in [2.45, 2.75) is 32.0 Å². The SMILES string of the molecule is CCOC(=O)CNC(=O)N(CC(F)(F)F)C1CC1. The summed E-state index contributed by atoms with van der Waals surface area (Å²) in [5, 5.41) is 2.12. The first-order valence-electron chi connectivity index (χ1n) is 5.60. The summed E-state index contributed by atoms with van der Waals surface area (Å²) in [6.45, 7) is 0.0313. The number of carbonyl (C=O) groups excluding carboxylic acids is 2. The van der Waals surface area contributed by atoms with E-state index in [1.54, 1.807) is 6.92 Å². The van der Waals surface area contributed by atoms with Gasteiger partial charge in [0.25, 0.3) is 0 Å². The molecule has 0 aromatic heterocycles. The van der Waals surface area contributed by atoms with E-state index in [1.165, 1.54) is 0 Å². The Morgan fingerprint density at radius 2 is 2.00 bits per heavy atom. The molecule has 0 atom stereocenters. The Balaban J connectivity index is 2.43. The van der Waals surface area contributed by atoms with Gasteiger partial charge in [-0.25, -0.2) is 4.79 Å². The van der Waals surface area contributed by atoms with Crippen molar-refractivity contribution in [3.8, 4) is 0 Å². The van der Waals surface area contributed by atoms with Gasteiger partial charge in [0.1, 0.15) is 13.1 Å². The topological polar surface area (TPSA) is 58.6 Å². The van der Waals surface area contributed by atoms with Crippen molar-refractivity contribution in [3.05, 3.63) is 0 Å². The lowest BCUT2D eigenvalue weighted by Crippen LogP contribution is -2.47. The Bertz CT molecular complexity index is 316. The second-order valence-electron chi connectivity index (χ2n) is 3.94. The molecule has 0 aromatic rings. The first-order valence-corrected chi connectivity index (χ1v) is 5.60. The van der Waals surface area contributed by atoms with Crippen LogP contribution in [-0.4, -0.2) is 48.8 Å². The molecule has 18 heavy (non-hydrogen) atoms. The standard InChI is InChI=1S/C10H15F3N2O3/c1-2-18-8(16)5-14-9(17)15(7-3-4-7)6-10(11,12)13/h7H,2-6H2,1H3,(H,14,17).